The van der Waals surface area contributed by atoms with E-state index in [1.54, 1.807) is 12.1 Å². The van der Waals surface area contributed by atoms with Crippen LogP contribution >= 0.6 is 0 Å². The minimum Gasteiger partial charge on any atom is -0.481 e. The Morgan fingerprint density at radius 3 is 2.28 bits per heavy atom. The van der Waals surface area contributed by atoms with Crippen molar-refractivity contribution in [2.75, 3.05) is 13.1 Å². The highest BCUT2D eigenvalue weighted by Crippen LogP contribution is 2.27. The number of carbonyl (C=O) groups excluding carboxylic acids is 1. The number of amides is 2. The molecule has 136 valence electrons. The second-order valence-electron chi connectivity index (χ2n) is 7.00. The molecule has 3 rings (SSSR count). The van der Waals surface area contributed by atoms with Crippen molar-refractivity contribution in [1.29, 1.82) is 0 Å². The molecule has 1 aliphatic heterocycles. The molecule has 1 aromatic carbocycles. The Morgan fingerprint density at radius 2 is 1.68 bits per heavy atom. The zero-order valence-electron chi connectivity index (χ0n) is 14.1. The molecule has 3 N–H and O–H groups in total. The second kappa shape index (κ2) is 7.82. The molecule has 1 aromatic rings. The fourth-order valence-electron chi connectivity index (χ4n) is 3.43. The molecule has 6 nitrogen and oxygen atoms in total. The lowest BCUT2D eigenvalue weighted by Crippen LogP contribution is -2.53. The molecule has 25 heavy (non-hydrogen) atoms. The lowest BCUT2D eigenvalue weighted by molar-refractivity contribution is -0.145. The molecule has 2 aliphatic rings. The van der Waals surface area contributed by atoms with Gasteiger partial charge in [0.25, 0.3) is 0 Å². The third-order valence-corrected chi connectivity index (χ3v) is 5.06. The number of urea groups is 1. The van der Waals surface area contributed by atoms with E-state index in [1.165, 1.54) is 12.1 Å². The summed E-state index contributed by atoms with van der Waals surface area (Å²) in [7, 11) is 0. The van der Waals surface area contributed by atoms with Gasteiger partial charge in [0.2, 0.25) is 0 Å². The molecule has 0 aromatic heterocycles. The summed E-state index contributed by atoms with van der Waals surface area (Å²) in [6.07, 6.45) is 2.77. The zero-order valence-corrected chi connectivity index (χ0v) is 14.1. The standard InChI is InChI=1S/C18H24FN3O3/c19-14-3-1-12(2-4-14)11-22-7-5-15(6-8-22)20-18(25)21-16-9-13(10-16)17(23)24/h1-4,13,15-16H,5-11H2,(H,23,24)(H2,20,21,25). The van der Waals surface area contributed by atoms with Crippen LogP contribution in [0, 0.1) is 11.7 Å². The van der Waals surface area contributed by atoms with Gasteiger partial charge < -0.3 is 15.7 Å². The Bertz CT molecular complexity index is 608. The molecular formula is C18H24FN3O3. The molecule has 0 unspecified atom stereocenters. The van der Waals surface area contributed by atoms with Gasteiger partial charge >= 0.3 is 12.0 Å². The maximum absolute atomic E-state index is 12.9. The molecule has 1 saturated carbocycles. The average molecular weight is 349 g/mol. The van der Waals surface area contributed by atoms with Crippen LogP contribution in [0.5, 0.6) is 0 Å². The first-order valence-corrected chi connectivity index (χ1v) is 8.76. The Morgan fingerprint density at radius 1 is 1.08 bits per heavy atom. The highest BCUT2D eigenvalue weighted by atomic mass is 19.1. The number of aliphatic carboxylic acids is 1. The summed E-state index contributed by atoms with van der Waals surface area (Å²) in [5.74, 6) is -1.33. The number of nitrogens with one attached hydrogen (secondary N) is 2. The van der Waals surface area contributed by atoms with Gasteiger partial charge in [-0.2, -0.15) is 0 Å². The van der Waals surface area contributed by atoms with Crippen LogP contribution in [0.15, 0.2) is 24.3 Å². The Balaban J connectivity index is 1.34. The summed E-state index contributed by atoms with van der Waals surface area (Å²) in [5.41, 5.74) is 1.09. The van der Waals surface area contributed by atoms with Crippen molar-refractivity contribution < 1.29 is 19.1 Å². The predicted octanol–water partition coefficient (Wildman–Crippen LogP) is 1.95. The average Bonchev–Trinajstić information content (AvgIpc) is 2.54. The Kier molecular flexibility index (Phi) is 5.53. The summed E-state index contributed by atoms with van der Waals surface area (Å²) >= 11 is 0. The van der Waals surface area contributed by atoms with E-state index < -0.39 is 5.97 Å². The summed E-state index contributed by atoms with van der Waals surface area (Å²) in [6.45, 7) is 2.55. The van der Waals surface area contributed by atoms with E-state index >= 15 is 0 Å². The minimum absolute atomic E-state index is 0.0281. The molecule has 0 radical (unpaired) electrons. The molecule has 1 heterocycles. The number of carbonyl (C=O) groups is 2. The van der Waals surface area contributed by atoms with Crippen molar-refractivity contribution in [1.82, 2.24) is 15.5 Å². The van der Waals surface area contributed by atoms with Gasteiger partial charge in [0.05, 0.1) is 5.92 Å². The third kappa shape index (κ3) is 4.92. The molecule has 7 heteroatoms. The Hall–Kier alpha value is -2.15. The summed E-state index contributed by atoms with van der Waals surface area (Å²) in [4.78, 5) is 25.0. The first-order chi connectivity index (χ1) is 12.0. The number of carboxylic acids is 1. The lowest BCUT2D eigenvalue weighted by Gasteiger charge is -2.35. The highest BCUT2D eigenvalue weighted by Gasteiger charge is 2.35. The van der Waals surface area contributed by atoms with Crippen molar-refractivity contribution >= 4 is 12.0 Å². The van der Waals surface area contributed by atoms with E-state index in [0.29, 0.717) is 12.8 Å². The number of rotatable bonds is 5. The number of hydrogen-bond donors (Lipinski definition) is 3. The maximum atomic E-state index is 12.9. The number of carboxylic acid groups (broad SMARTS) is 1. The van der Waals surface area contributed by atoms with Gasteiger partial charge in [0, 0.05) is 31.7 Å². The van der Waals surface area contributed by atoms with Gasteiger partial charge in [-0.3, -0.25) is 9.69 Å². The van der Waals surface area contributed by atoms with Gasteiger partial charge in [0.1, 0.15) is 5.82 Å². The monoisotopic (exact) mass is 349 g/mol. The number of hydrogen-bond acceptors (Lipinski definition) is 3. The van der Waals surface area contributed by atoms with Crippen molar-refractivity contribution in [3.63, 3.8) is 0 Å². The van der Waals surface area contributed by atoms with Crippen LogP contribution in [0.2, 0.25) is 0 Å². The van der Waals surface area contributed by atoms with Crippen molar-refractivity contribution in [2.24, 2.45) is 5.92 Å². The molecule has 2 fully saturated rings. The third-order valence-electron chi connectivity index (χ3n) is 5.06. The fraction of sp³-hybridized carbons (Fsp3) is 0.556. The van der Waals surface area contributed by atoms with E-state index in [9.17, 15) is 14.0 Å². The smallest absolute Gasteiger partial charge is 0.315 e. The van der Waals surface area contributed by atoms with Crippen LogP contribution in [-0.2, 0) is 11.3 Å². The van der Waals surface area contributed by atoms with Crippen LogP contribution < -0.4 is 10.6 Å². The lowest BCUT2D eigenvalue weighted by atomic mass is 9.80. The number of nitrogens with zero attached hydrogens (tertiary/aromatic N) is 1. The fourth-order valence-corrected chi connectivity index (χ4v) is 3.43. The first-order valence-electron chi connectivity index (χ1n) is 8.76. The number of benzene rings is 1. The van der Waals surface area contributed by atoms with E-state index in [0.717, 1.165) is 38.0 Å². The molecule has 1 aliphatic carbocycles. The summed E-state index contributed by atoms with van der Waals surface area (Å²) in [5, 5.41) is 14.7. The van der Waals surface area contributed by atoms with Gasteiger partial charge in [-0.1, -0.05) is 12.1 Å². The van der Waals surface area contributed by atoms with Crippen LogP contribution in [0.3, 0.4) is 0 Å². The van der Waals surface area contributed by atoms with Crippen LogP contribution in [0.1, 0.15) is 31.2 Å². The van der Waals surface area contributed by atoms with Gasteiger partial charge in [-0.25, -0.2) is 9.18 Å². The quantitative estimate of drug-likeness (QED) is 0.759. The minimum atomic E-state index is -0.785. The molecular weight excluding hydrogens is 325 g/mol. The molecule has 1 saturated heterocycles. The molecule has 0 bridgehead atoms. The topological polar surface area (TPSA) is 81.7 Å². The van der Waals surface area contributed by atoms with Crippen molar-refractivity contribution in [3.05, 3.63) is 35.6 Å². The maximum Gasteiger partial charge on any atom is 0.315 e. The summed E-state index contributed by atoms with van der Waals surface area (Å²) < 4.78 is 12.9. The zero-order chi connectivity index (χ0) is 17.8. The van der Waals surface area contributed by atoms with Gasteiger partial charge in [0.15, 0.2) is 0 Å². The van der Waals surface area contributed by atoms with Crippen molar-refractivity contribution in [3.8, 4) is 0 Å². The van der Waals surface area contributed by atoms with Crippen LogP contribution in [-0.4, -0.2) is 47.2 Å². The molecule has 2 amide bonds. The van der Waals surface area contributed by atoms with E-state index in [2.05, 4.69) is 15.5 Å². The number of piperidine rings is 1. The van der Waals surface area contributed by atoms with E-state index in [4.69, 9.17) is 5.11 Å². The SMILES string of the molecule is O=C(NC1CCN(Cc2ccc(F)cc2)CC1)NC1CC(C(=O)O)C1. The molecule has 0 spiro atoms. The second-order valence-corrected chi connectivity index (χ2v) is 7.00. The van der Waals surface area contributed by atoms with E-state index in [-0.39, 0.29) is 29.8 Å². The first kappa shape index (κ1) is 17.7. The normalized spacial score (nSPS) is 24.4. The number of likely N-dealkylation sites (tertiary alicyclic amines) is 1. The molecule has 0 atom stereocenters. The summed E-state index contributed by atoms with van der Waals surface area (Å²) in [6, 6.07) is 6.46. The van der Waals surface area contributed by atoms with Gasteiger partial charge in [-0.15, -0.1) is 0 Å². The Labute approximate surface area is 146 Å². The largest absolute Gasteiger partial charge is 0.481 e. The van der Waals surface area contributed by atoms with Crippen molar-refractivity contribution in [2.45, 2.75) is 44.3 Å². The van der Waals surface area contributed by atoms with Crippen LogP contribution in [0.4, 0.5) is 9.18 Å². The van der Waals surface area contributed by atoms with Gasteiger partial charge in [-0.05, 0) is 43.4 Å². The van der Waals surface area contributed by atoms with E-state index in [1.807, 2.05) is 0 Å². The number of halogens is 1. The highest BCUT2D eigenvalue weighted by molar-refractivity contribution is 5.76. The predicted molar refractivity (Wildman–Crippen MR) is 90.5 cm³/mol. The van der Waals surface area contributed by atoms with Crippen LogP contribution in [0.25, 0.3) is 0 Å².